The minimum absolute atomic E-state index is 0.0845. The lowest BCUT2D eigenvalue weighted by molar-refractivity contribution is -0.139. The first-order valence-electron chi connectivity index (χ1n) is 13.0. The highest BCUT2D eigenvalue weighted by molar-refractivity contribution is 7.07. The van der Waals surface area contributed by atoms with Crippen LogP contribution in [0.25, 0.3) is 6.08 Å². The van der Waals surface area contributed by atoms with E-state index < -0.39 is 12.0 Å². The van der Waals surface area contributed by atoms with E-state index in [1.807, 2.05) is 19.9 Å². The predicted molar refractivity (Wildman–Crippen MR) is 158 cm³/mol. The molecule has 0 unspecified atom stereocenters. The molecule has 0 bridgehead atoms. The maximum Gasteiger partial charge on any atom is 0.338 e. The Morgan fingerprint density at radius 2 is 1.93 bits per heavy atom. The zero-order valence-electron chi connectivity index (χ0n) is 24.0. The molecule has 4 rings (SSSR count). The second kappa shape index (κ2) is 13.1. The molecule has 0 aliphatic carbocycles. The van der Waals surface area contributed by atoms with Crippen molar-refractivity contribution in [2.45, 2.75) is 39.8 Å². The van der Waals surface area contributed by atoms with Crippen LogP contribution >= 0.6 is 22.9 Å². The molecule has 220 valence electrons. The summed E-state index contributed by atoms with van der Waals surface area (Å²) in [4.78, 5) is 32.2. The summed E-state index contributed by atoms with van der Waals surface area (Å²) >= 11 is 7.59. The van der Waals surface area contributed by atoms with Gasteiger partial charge in [-0.05, 0) is 69.2 Å². The van der Waals surface area contributed by atoms with E-state index in [9.17, 15) is 9.59 Å². The van der Waals surface area contributed by atoms with Gasteiger partial charge < -0.3 is 23.7 Å². The molecule has 2 aromatic carbocycles. The van der Waals surface area contributed by atoms with Crippen LogP contribution in [-0.2, 0) is 9.53 Å². The molecular formula is C30H30ClN3O7S. The van der Waals surface area contributed by atoms with Gasteiger partial charge in [0.05, 0.1) is 53.8 Å². The minimum atomic E-state index is -0.829. The standard InChI is InChI=1S/C30H30ClN3O7S/c1-7-39-29(36)25-17(4)33-30-34(26(25)19-8-9-21(41-16(2)3)22(15-19)37-5)28(35)24(42-30)14-18-12-20(31)27(40-11-10-32)23(13-18)38-6/h8-9,12-16,26H,7,11H2,1-6H3/b24-14-/t26-/m1/s1. The third-order valence-electron chi connectivity index (χ3n) is 6.21. The van der Waals surface area contributed by atoms with Gasteiger partial charge >= 0.3 is 5.97 Å². The number of thiazole rings is 1. The third-order valence-corrected chi connectivity index (χ3v) is 7.48. The number of ether oxygens (including phenoxy) is 5. The molecule has 1 atom stereocenters. The van der Waals surface area contributed by atoms with E-state index in [0.29, 0.717) is 43.4 Å². The molecule has 0 saturated heterocycles. The summed E-state index contributed by atoms with van der Waals surface area (Å²) in [6.45, 7) is 7.21. The molecule has 0 spiro atoms. The first kappa shape index (κ1) is 30.7. The summed E-state index contributed by atoms with van der Waals surface area (Å²) in [5.74, 6) is 0.972. The van der Waals surface area contributed by atoms with Gasteiger partial charge in [0.2, 0.25) is 0 Å². The van der Waals surface area contributed by atoms with Gasteiger partial charge in [-0.2, -0.15) is 5.26 Å². The summed E-state index contributed by atoms with van der Waals surface area (Å²) < 4.78 is 29.5. The number of halogens is 1. The smallest absolute Gasteiger partial charge is 0.338 e. The number of methoxy groups -OCH3 is 2. The number of nitrogens with zero attached hydrogens (tertiary/aromatic N) is 3. The zero-order chi connectivity index (χ0) is 30.6. The van der Waals surface area contributed by atoms with Crippen LogP contribution in [0.1, 0.15) is 44.9 Å². The highest BCUT2D eigenvalue weighted by Crippen LogP contribution is 2.38. The molecule has 1 aromatic heterocycles. The molecule has 0 amide bonds. The Morgan fingerprint density at radius 1 is 1.19 bits per heavy atom. The van der Waals surface area contributed by atoms with Gasteiger partial charge in [0, 0.05) is 0 Å². The molecule has 10 nitrogen and oxygen atoms in total. The number of carbonyl (C=O) groups is 1. The average molecular weight is 612 g/mol. The van der Waals surface area contributed by atoms with Gasteiger partial charge in [-0.25, -0.2) is 9.79 Å². The van der Waals surface area contributed by atoms with Crippen molar-refractivity contribution >= 4 is 35.0 Å². The number of nitriles is 1. The van der Waals surface area contributed by atoms with Gasteiger partial charge in [-0.15, -0.1) is 0 Å². The van der Waals surface area contributed by atoms with Crippen molar-refractivity contribution < 1.29 is 28.5 Å². The summed E-state index contributed by atoms with van der Waals surface area (Å²) in [7, 11) is 2.98. The van der Waals surface area contributed by atoms with Gasteiger partial charge in [-0.3, -0.25) is 9.36 Å². The SMILES string of the molecule is CCOC(=O)C1=C(C)N=c2s/c(=C\c3cc(Cl)c(OCC#N)c(OC)c3)c(=O)n2[C@@H]1c1ccc(OC(C)C)c(OC)c1. The van der Waals surface area contributed by atoms with E-state index >= 15 is 0 Å². The maximum absolute atomic E-state index is 14.0. The number of rotatable bonds is 10. The Morgan fingerprint density at radius 3 is 2.57 bits per heavy atom. The predicted octanol–water partition coefficient (Wildman–Crippen LogP) is 4.16. The first-order chi connectivity index (χ1) is 20.1. The highest BCUT2D eigenvalue weighted by Gasteiger charge is 2.34. The molecule has 3 aromatic rings. The Kier molecular flexibility index (Phi) is 9.60. The quantitative estimate of drug-likeness (QED) is 0.313. The van der Waals surface area contributed by atoms with Gasteiger partial charge in [0.15, 0.2) is 34.4 Å². The second-order valence-electron chi connectivity index (χ2n) is 9.36. The van der Waals surface area contributed by atoms with Crippen molar-refractivity contribution in [2.24, 2.45) is 4.99 Å². The van der Waals surface area contributed by atoms with Crippen LogP contribution in [0.3, 0.4) is 0 Å². The molecule has 0 N–H and O–H groups in total. The van der Waals surface area contributed by atoms with Crippen molar-refractivity contribution in [1.82, 2.24) is 4.57 Å². The van der Waals surface area contributed by atoms with Crippen molar-refractivity contribution in [3.05, 3.63) is 77.4 Å². The summed E-state index contributed by atoms with van der Waals surface area (Å²) in [5.41, 5.74) is 1.52. The summed E-state index contributed by atoms with van der Waals surface area (Å²) in [6.07, 6.45) is 1.58. The Hall–Kier alpha value is -4.27. The number of esters is 1. The topological polar surface area (TPSA) is 121 Å². The number of benzene rings is 2. The number of allylic oxidation sites excluding steroid dienone is 1. The largest absolute Gasteiger partial charge is 0.493 e. The molecule has 1 aliphatic heterocycles. The Bertz CT molecular complexity index is 1770. The van der Waals surface area contributed by atoms with E-state index in [2.05, 4.69) is 4.99 Å². The number of fused-ring (bicyclic) bond motifs is 1. The lowest BCUT2D eigenvalue weighted by atomic mass is 9.95. The molecule has 1 aliphatic rings. The number of hydrogen-bond donors (Lipinski definition) is 0. The number of hydrogen-bond acceptors (Lipinski definition) is 10. The van der Waals surface area contributed by atoms with E-state index in [4.69, 9.17) is 40.5 Å². The fraction of sp³-hybridized carbons (Fsp3) is 0.333. The van der Waals surface area contributed by atoms with Crippen LogP contribution in [-0.4, -0.2) is 44.1 Å². The minimum Gasteiger partial charge on any atom is -0.493 e. The molecule has 0 saturated carbocycles. The van der Waals surface area contributed by atoms with Crippen LogP contribution in [0, 0.1) is 11.3 Å². The Labute approximate surface area is 251 Å². The fourth-order valence-corrected chi connectivity index (χ4v) is 5.85. The van der Waals surface area contributed by atoms with Gasteiger partial charge in [-0.1, -0.05) is 29.0 Å². The highest BCUT2D eigenvalue weighted by atomic mass is 35.5. The molecular weight excluding hydrogens is 582 g/mol. The van der Waals surface area contributed by atoms with E-state index in [1.165, 1.54) is 30.1 Å². The lowest BCUT2D eigenvalue weighted by Crippen LogP contribution is -2.40. The van der Waals surface area contributed by atoms with Gasteiger partial charge in [0.1, 0.15) is 6.07 Å². The van der Waals surface area contributed by atoms with Crippen LogP contribution in [0.5, 0.6) is 23.0 Å². The second-order valence-corrected chi connectivity index (χ2v) is 10.8. The van der Waals surface area contributed by atoms with Crippen molar-refractivity contribution in [2.75, 3.05) is 27.4 Å². The lowest BCUT2D eigenvalue weighted by Gasteiger charge is -2.25. The molecule has 0 fully saturated rings. The first-order valence-corrected chi connectivity index (χ1v) is 14.2. The van der Waals surface area contributed by atoms with Gasteiger partial charge in [0.25, 0.3) is 5.56 Å². The number of aromatic nitrogens is 1. The van der Waals surface area contributed by atoms with E-state index in [-0.39, 0.29) is 41.2 Å². The average Bonchev–Trinajstić information content (AvgIpc) is 3.25. The van der Waals surface area contributed by atoms with Crippen LogP contribution in [0.4, 0.5) is 0 Å². The van der Waals surface area contributed by atoms with Crippen molar-refractivity contribution in [3.8, 4) is 29.1 Å². The zero-order valence-corrected chi connectivity index (χ0v) is 25.6. The van der Waals surface area contributed by atoms with E-state index in [1.54, 1.807) is 50.3 Å². The molecule has 0 radical (unpaired) electrons. The van der Waals surface area contributed by atoms with Crippen LogP contribution < -0.4 is 33.8 Å². The van der Waals surface area contributed by atoms with Crippen molar-refractivity contribution in [1.29, 1.82) is 5.26 Å². The van der Waals surface area contributed by atoms with Crippen LogP contribution in [0.2, 0.25) is 5.02 Å². The Balaban J connectivity index is 1.92. The fourth-order valence-electron chi connectivity index (χ4n) is 4.53. The third kappa shape index (κ3) is 6.15. The monoisotopic (exact) mass is 611 g/mol. The van der Waals surface area contributed by atoms with Crippen LogP contribution in [0.15, 0.2) is 51.4 Å². The van der Waals surface area contributed by atoms with Crippen molar-refractivity contribution in [3.63, 3.8) is 0 Å². The maximum atomic E-state index is 14.0. The molecule has 42 heavy (non-hydrogen) atoms. The normalized spacial score (nSPS) is 14.6. The summed E-state index contributed by atoms with van der Waals surface area (Å²) in [5, 5.41) is 9.09. The molecule has 2 heterocycles. The molecule has 12 heteroatoms. The summed E-state index contributed by atoms with van der Waals surface area (Å²) in [6, 6.07) is 9.64. The van der Waals surface area contributed by atoms with E-state index in [0.717, 1.165) is 0 Å². The number of carbonyl (C=O) groups excluding carboxylic acids is 1.